The minimum absolute atomic E-state index is 0.110. The van der Waals surface area contributed by atoms with Gasteiger partial charge < -0.3 is 29.4 Å². The lowest BCUT2D eigenvalue weighted by molar-refractivity contribution is -0.247. The molecule has 3 fully saturated rings. The Bertz CT molecular complexity index is 1780. The number of H-pyrrole nitrogens is 1. The van der Waals surface area contributed by atoms with Gasteiger partial charge in [0.15, 0.2) is 17.7 Å². The number of aromatic amines is 1. The van der Waals surface area contributed by atoms with Crippen LogP contribution in [-0.4, -0.2) is 55.3 Å². The number of benzene rings is 1. The van der Waals surface area contributed by atoms with Crippen molar-refractivity contribution in [2.24, 2.45) is 17.3 Å². The molecule has 1 saturated heterocycles. The number of nitrogens with one attached hydrogen (secondary N) is 1. The van der Waals surface area contributed by atoms with Crippen molar-refractivity contribution in [2.45, 2.75) is 133 Å². The van der Waals surface area contributed by atoms with Gasteiger partial charge in [-0.05, 0) is 120 Å². The van der Waals surface area contributed by atoms with Gasteiger partial charge in [-0.15, -0.1) is 0 Å². The molecule has 3 aliphatic heterocycles. The Morgan fingerprint density at radius 1 is 0.955 bits per heavy atom. The Labute approximate surface area is 259 Å². The highest BCUT2D eigenvalue weighted by Gasteiger charge is 2.75. The number of ketones is 1. The van der Waals surface area contributed by atoms with Crippen molar-refractivity contribution in [1.82, 2.24) is 4.98 Å². The largest absolute Gasteiger partial charge is 0.388 e. The van der Waals surface area contributed by atoms with Crippen LogP contribution in [0, 0.1) is 17.3 Å². The SMILES string of the molecule is CC1(C)C=C2c3cc4[nH]c5c(c4cc3[C@H](O)[C@H]2C(C)(C)O1)C[C@@H]1CC[C@@]2(O)C3=CC(=O)[C@@H]4O[C@@]3(CC[C@]2(C)[C@@]51C)OC4(C)C. The second kappa shape index (κ2) is 7.63. The summed E-state index contributed by atoms with van der Waals surface area (Å²) < 4.78 is 19.4. The van der Waals surface area contributed by atoms with Gasteiger partial charge in [0, 0.05) is 45.3 Å². The standard InChI is InChI=1S/C37H45NO6/c1-31(2)17-23-19-15-24-20(14-21(19)28(40)27(23)32(3,4)43-31)22-13-18-9-10-36(41)26-16-25(39)30-33(5,6)44-37(26,42-30)12-11-34(36,7)35(18,8)29(22)38-24/h14-18,27-28,30,38,40-41H,9-13H2,1-8H3/t18-,27-,28-,30-,34+,35+,36+,37-/m0/s1. The normalized spacial score (nSPS) is 45.1. The molecule has 7 heteroatoms. The summed E-state index contributed by atoms with van der Waals surface area (Å²) in [6.45, 7) is 16.7. The van der Waals surface area contributed by atoms with E-state index in [0.29, 0.717) is 30.8 Å². The van der Waals surface area contributed by atoms with Crippen molar-refractivity contribution in [2.75, 3.05) is 0 Å². The predicted octanol–water partition coefficient (Wildman–Crippen LogP) is 5.96. The first-order valence-electron chi connectivity index (χ1n) is 16.5. The van der Waals surface area contributed by atoms with E-state index in [-0.39, 0.29) is 17.1 Å². The zero-order chi connectivity index (χ0) is 31.2. The molecule has 1 spiro atoms. The Morgan fingerprint density at radius 2 is 1.70 bits per heavy atom. The molecule has 4 heterocycles. The Balaban J connectivity index is 1.19. The number of aliphatic hydroxyl groups is 2. The van der Waals surface area contributed by atoms with Gasteiger partial charge in [0.25, 0.3) is 0 Å². The Morgan fingerprint density at radius 3 is 2.45 bits per heavy atom. The smallest absolute Gasteiger partial charge is 0.195 e. The molecular formula is C37H45NO6. The van der Waals surface area contributed by atoms with Gasteiger partial charge in [-0.2, -0.15) is 0 Å². The van der Waals surface area contributed by atoms with Gasteiger partial charge >= 0.3 is 0 Å². The molecule has 4 aliphatic carbocycles. The fourth-order valence-electron chi connectivity index (χ4n) is 11.6. The molecule has 234 valence electrons. The highest BCUT2D eigenvalue weighted by Crippen LogP contribution is 2.72. The van der Waals surface area contributed by atoms with E-state index in [4.69, 9.17) is 14.2 Å². The summed E-state index contributed by atoms with van der Waals surface area (Å²) in [5.74, 6) is -0.933. The van der Waals surface area contributed by atoms with E-state index >= 15 is 0 Å². The molecule has 9 rings (SSSR count). The minimum atomic E-state index is -1.24. The van der Waals surface area contributed by atoms with Crippen LogP contribution in [0.4, 0.5) is 0 Å². The molecule has 7 nitrogen and oxygen atoms in total. The maximum Gasteiger partial charge on any atom is 0.195 e. The molecule has 0 amide bonds. The van der Waals surface area contributed by atoms with Crippen LogP contribution in [0.5, 0.6) is 0 Å². The number of carbonyl (C=O) groups is 1. The van der Waals surface area contributed by atoms with Crippen molar-refractivity contribution in [3.8, 4) is 0 Å². The fourth-order valence-corrected chi connectivity index (χ4v) is 11.6. The summed E-state index contributed by atoms with van der Waals surface area (Å²) in [5, 5.41) is 25.8. The average Bonchev–Trinajstić information content (AvgIpc) is 3.57. The summed E-state index contributed by atoms with van der Waals surface area (Å²) in [5.41, 5.74) is 3.61. The molecule has 44 heavy (non-hydrogen) atoms. The maximum atomic E-state index is 13.3. The van der Waals surface area contributed by atoms with Crippen molar-refractivity contribution in [3.63, 3.8) is 0 Å². The molecule has 2 saturated carbocycles. The van der Waals surface area contributed by atoms with E-state index in [2.05, 4.69) is 64.7 Å². The number of rotatable bonds is 0. The summed E-state index contributed by atoms with van der Waals surface area (Å²) in [7, 11) is 0. The lowest BCUT2D eigenvalue weighted by Gasteiger charge is -2.65. The second-order valence-corrected chi connectivity index (χ2v) is 17.0. The highest BCUT2D eigenvalue weighted by atomic mass is 16.8. The lowest BCUT2D eigenvalue weighted by atomic mass is 9.42. The van der Waals surface area contributed by atoms with Crippen LogP contribution in [0.1, 0.15) is 110 Å². The van der Waals surface area contributed by atoms with Crippen LogP contribution >= 0.6 is 0 Å². The van der Waals surface area contributed by atoms with Gasteiger partial charge in [0.2, 0.25) is 0 Å². The van der Waals surface area contributed by atoms with E-state index in [1.165, 1.54) is 16.6 Å². The van der Waals surface area contributed by atoms with E-state index in [0.717, 1.165) is 35.1 Å². The quantitative estimate of drug-likeness (QED) is 0.346. The topological polar surface area (TPSA) is 101 Å². The third-order valence-corrected chi connectivity index (χ3v) is 13.6. The first-order chi connectivity index (χ1) is 20.4. The van der Waals surface area contributed by atoms with Crippen LogP contribution in [0.25, 0.3) is 16.5 Å². The molecule has 1 aromatic heterocycles. The number of ether oxygens (including phenoxy) is 3. The summed E-state index contributed by atoms with van der Waals surface area (Å²) in [6, 6.07) is 4.47. The van der Waals surface area contributed by atoms with E-state index in [1.807, 2.05) is 13.8 Å². The molecule has 3 N–H and O–H groups in total. The van der Waals surface area contributed by atoms with Crippen LogP contribution in [0.2, 0.25) is 0 Å². The predicted molar refractivity (Wildman–Crippen MR) is 166 cm³/mol. The van der Waals surface area contributed by atoms with Crippen molar-refractivity contribution < 1.29 is 29.2 Å². The first kappa shape index (κ1) is 28.0. The average molecular weight is 600 g/mol. The molecule has 2 bridgehead atoms. The molecule has 2 aromatic rings. The number of aromatic nitrogens is 1. The van der Waals surface area contributed by atoms with Gasteiger partial charge in [0.1, 0.15) is 5.60 Å². The van der Waals surface area contributed by atoms with E-state index in [9.17, 15) is 15.0 Å². The number of aliphatic hydroxyl groups excluding tert-OH is 1. The van der Waals surface area contributed by atoms with Crippen LogP contribution in [0.15, 0.2) is 29.9 Å². The molecule has 8 atom stereocenters. The molecule has 0 radical (unpaired) electrons. The number of hydrogen-bond donors (Lipinski definition) is 3. The van der Waals surface area contributed by atoms with Crippen LogP contribution in [-0.2, 0) is 30.8 Å². The zero-order valence-electron chi connectivity index (χ0n) is 27.2. The maximum absolute atomic E-state index is 13.3. The fraction of sp³-hybridized carbons (Fsp3) is 0.649. The van der Waals surface area contributed by atoms with Gasteiger partial charge in [0.05, 0.1) is 22.9 Å². The number of fused-ring (bicyclic) bond motifs is 12. The van der Waals surface area contributed by atoms with Crippen molar-refractivity contribution in [1.29, 1.82) is 0 Å². The van der Waals surface area contributed by atoms with Crippen LogP contribution < -0.4 is 0 Å². The Kier molecular flexibility index (Phi) is 4.85. The lowest BCUT2D eigenvalue weighted by Crippen LogP contribution is -2.69. The monoisotopic (exact) mass is 599 g/mol. The zero-order valence-corrected chi connectivity index (χ0v) is 27.2. The summed E-state index contributed by atoms with van der Waals surface area (Å²) in [4.78, 5) is 17.2. The summed E-state index contributed by atoms with van der Waals surface area (Å²) in [6.07, 6.45) is 6.24. The van der Waals surface area contributed by atoms with Crippen LogP contribution in [0.3, 0.4) is 0 Å². The third-order valence-electron chi connectivity index (χ3n) is 13.6. The van der Waals surface area contributed by atoms with Gasteiger partial charge in [-0.1, -0.05) is 13.8 Å². The molecular weight excluding hydrogens is 554 g/mol. The highest BCUT2D eigenvalue weighted by molar-refractivity contribution is 5.97. The number of carbonyl (C=O) groups excluding carboxylic acids is 1. The van der Waals surface area contributed by atoms with E-state index < -0.39 is 45.8 Å². The van der Waals surface area contributed by atoms with Crippen molar-refractivity contribution in [3.05, 3.63) is 52.2 Å². The second-order valence-electron chi connectivity index (χ2n) is 17.0. The molecule has 1 aromatic carbocycles. The molecule has 7 aliphatic rings. The van der Waals surface area contributed by atoms with Gasteiger partial charge in [-0.3, -0.25) is 4.79 Å². The Hall–Kier alpha value is -2.29. The third kappa shape index (κ3) is 2.92. The number of hydrogen-bond acceptors (Lipinski definition) is 6. The van der Waals surface area contributed by atoms with Gasteiger partial charge in [-0.25, -0.2) is 0 Å². The van der Waals surface area contributed by atoms with E-state index in [1.54, 1.807) is 6.08 Å². The summed E-state index contributed by atoms with van der Waals surface area (Å²) >= 11 is 0. The van der Waals surface area contributed by atoms with Crippen molar-refractivity contribution >= 4 is 22.3 Å². The first-order valence-corrected chi connectivity index (χ1v) is 16.5. The minimum Gasteiger partial charge on any atom is -0.388 e. The molecule has 0 unspecified atom stereocenters.